The summed E-state index contributed by atoms with van der Waals surface area (Å²) in [6.07, 6.45) is -0.821. The van der Waals surface area contributed by atoms with Crippen LogP contribution in [0.2, 0.25) is 0 Å². The van der Waals surface area contributed by atoms with Crippen molar-refractivity contribution in [1.82, 2.24) is 19.5 Å². The van der Waals surface area contributed by atoms with E-state index in [0.717, 1.165) is 17.8 Å². The Hall–Kier alpha value is -3.93. The van der Waals surface area contributed by atoms with Gasteiger partial charge in [0.25, 0.3) is 0 Å². The summed E-state index contributed by atoms with van der Waals surface area (Å²) in [7, 11) is 0. The first kappa shape index (κ1) is 18.4. The van der Waals surface area contributed by atoms with Crippen LogP contribution in [0.5, 0.6) is 0 Å². The molecule has 0 fully saturated rings. The number of halogens is 3. The molecule has 1 N–H and O–H groups in total. The normalized spacial score (nSPS) is 11.4. The van der Waals surface area contributed by atoms with Crippen LogP contribution in [0, 0.1) is 11.3 Å². The molecule has 0 bridgehead atoms. The minimum atomic E-state index is -4.48. The highest BCUT2D eigenvalue weighted by molar-refractivity contribution is 5.79. The number of aromatic nitrogens is 4. The fourth-order valence-corrected chi connectivity index (χ4v) is 2.85. The van der Waals surface area contributed by atoms with Crippen LogP contribution in [0.1, 0.15) is 16.7 Å². The highest BCUT2D eigenvalue weighted by atomic mass is 19.4. The van der Waals surface area contributed by atoms with Gasteiger partial charge < -0.3 is 5.32 Å². The van der Waals surface area contributed by atoms with Crippen LogP contribution in [0.25, 0.3) is 16.9 Å². The molecule has 6 nitrogen and oxygen atoms in total. The summed E-state index contributed by atoms with van der Waals surface area (Å²) in [6, 6.07) is 14.1. The number of pyridine rings is 1. The van der Waals surface area contributed by atoms with Crippen molar-refractivity contribution in [2.24, 2.45) is 0 Å². The Morgan fingerprint density at radius 1 is 1.07 bits per heavy atom. The summed E-state index contributed by atoms with van der Waals surface area (Å²) in [5.74, 6) is 0.525. The number of alkyl halides is 3. The van der Waals surface area contributed by atoms with Gasteiger partial charge in [-0.2, -0.15) is 23.4 Å². The van der Waals surface area contributed by atoms with E-state index in [9.17, 15) is 18.4 Å². The van der Waals surface area contributed by atoms with Crippen LogP contribution >= 0.6 is 0 Å². The van der Waals surface area contributed by atoms with Gasteiger partial charge in [0.05, 0.1) is 11.8 Å². The van der Waals surface area contributed by atoms with Gasteiger partial charge in [0.1, 0.15) is 17.3 Å². The van der Waals surface area contributed by atoms with Gasteiger partial charge in [0.15, 0.2) is 5.82 Å². The van der Waals surface area contributed by atoms with E-state index in [2.05, 4.69) is 20.3 Å². The molecule has 0 unspecified atom stereocenters. The van der Waals surface area contributed by atoms with Crippen LogP contribution < -0.4 is 5.32 Å². The van der Waals surface area contributed by atoms with Crippen LogP contribution in [-0.2, 0) is 12.7 Å². The van der Waals surface area contributed by atoms with E-state index in [1.54, 1.807) is 0 Å². The van der Waals surface area contributed by atoms with Crippen molar-refractivity contribution in [1.29, 1.82) is 5.26 Å². The van der Waals surface area contributed by atoms with Crippen molar-refractivity contribution < 1.29 is 13.2 Å². The summed E-state index contributed by atoms with van der Waals surface area (Å²) in [4.78, 5) is 12.4. The minimum absolute atomic E-state index is 0.175. The predicted octanol–water partition coefficient (Wildman–Crippen LogP) is 4.32. The average molecular weight is 394 g/mol. The van der Waals surface area contributed by atoms with Crippen LogP contribution in [-0.4, -0.2) is 19.5 Å². The molecule has 144 valence electrons. The standard InChI is InChI=1S/C20H13F3N6/c21-20(22,23)16-8-14-6-7-29(17(14)25-12-16)18-15(9-24)11-27-19(28-18)26-10-13-4-2-1-3-5-13/h1-8,11-12H,10H2,(H,26,27,28). The van der Waals surface area contributed by atoms with Gasteiger partial charge in [-0.3, -0.25) is 4.57 Å². The molecule has 0 aliphatic heterocycles. The van der Waals surface area contributed by atoms with Crippen molar-refractivity contribution in [3.63, 3.8) is 0 Å². The summed E-state index contributed by atoms with van der Waals surface area (Å²) < 4.78 is 40.2. The molecule has 0 amide bonds. The van der Waals surface area contributed by atoms with Gasteiger partial charge in [0, 0.05) is 24.3 Å². The largest absolute Gasteiger partial charge is 0.417 e. The molecule has 0 aliphatic carbocycles. The van der Waals surface area contributed by atoms with E-state index in [-0.39, 0.29) is 23.0 Å². The van der Waals surface area contributed by atoms with Gasteiger partial charge in [-0.25, -0.2) is 9.97 Å². The Kier molecular flexibility index (Phi) is 4.60. The Bertz CT molecular complexity index is 1210. The van der Waals surface area contributed by atoms with Gasteiger partial charge in [-0.05, 0) is 17.7 Å². The molecule has 0 spiro atoms. The topological polar surface area (TPSA) is 79.4 Å². The molecule has 4 rings (SSSR count). The third-order valence-electron chi connectivity index (χ3n) is 4.26. The van der Waals surface area contributed by atoms with Crippen LogP contribution in [0.3, 0.4) is 0 Å². The summed E-state index contributed by atoms with van der Waals surface area (Å²) in [5.41, 5.74) is 0.627. The molecule has 3 heterocycles. The van der Waals surface area contributed by atoms with E-state index in [1.807, 2.05) is 36.4 Å². The maximum atomic E-state index is 12.9. The first-order chi connectivity index (χ1) is 14.0. The maximum Gasteiger partial charge on any atom is 0.417 e. The zero-order valence-corrected chi connectivity index (χ0v) is 14.9. The number of nitrogens with one attached hydrogen (secondary N) is 1. The Morgan fingerprint density at radius 3 is 2.59 bits per heavy atom. The number of nitrogens with zero attached hydrogens (tertiary/aromatic N) is 5. The lowest BCUT2D eigenvalue weighted by atomic mass is 10.2. The highest BCUT2D eigenvalue weighted by Gasteiger charge is 2.31. The third-order valence-corrected chi connectivity index (χ3v) is 4.26. The second kappa shape index (κ2) is 7.24. The van der Waals surface area contributed by atoms with E-state index < -0.39 is 11.7 Å². The molecule has 0 saturated carbocycles. The summed E-state index contributed by atoms with van der Waals surface area (Å²) in [5, 5.41) is 12.8. The lowest BCUT2D eigenvalue weighted by molar-refractivity contribution is -0.137. The summed E-state index contributed by atoms with van der Waals surface area (Å²) >= 11 is 0. The van der Waals surface area contributed by atoms with Crippen LogP contribution in [0.15, 0.2) is 61.1 Å². The van der Waals surface area contributed by atoms with Crippen molar-refractivity contribution in [3.8, 4) is 11.9 Å². The molecule has 1 aromatic carbocycles. The Morgan fingerprint density at radius 2 is 1.86 bits per heavy atom. The minimum Gasteiger partial charge on any atom is -0.350 e. The first-order valence-electron chi connectivity index (χ1n) is 8.55. The lowest BCUT2D eigenvalue weighted by Gasteiger charge is -2.10. The number of hydrogen-bond acceptors (Lipinski definition) is 5. The van der Waals surface area contributed by atoms with E-state index in [0.29, 0.717) is 11.9 Å². The Labute approximate surface area is 163 Å². The second-order valence-corrected chi connectivity index (χ2v) is 6.20. The number of anilines is 1. The number of hydrogen-bond donors (Lipinski definition) is 1. The molecule has 0 saturated heterocycles. The predicted molar refractivity (Wildman–Crippen MR) is 100 cm³/mol. The monoisotopic (exact) mass is 394 g/mol. The van der Waals surface area contributed by atoms with E-state index in [4.69, 9.17) is 0 Å². The molecule has 4 aromatic rings. The number of rotatable bonds is 4. The molecule has 0 radical (unpaired) electrons. The second-order valence-electron chi connectivity index (χ2n) is 6.20. The Balaban J connectivity index is 1.71. The van der Waals surface area contributed by atoms with E-state index >= 15 is 0 Å². The molecule has 0 atom stereocenters. The average Bonchev–Trinajstić information content (AvgIpc) is 3.15. The fraction of sp³-hybridized carbons (Fsp3) is 0.100. The smallest absolute Gasteiger partial charge is 0.350 e. The quantitative estimate of drug-likeness (QED) is 0.558. The van der Waals surface area contributed by atoms with Crippen molar-refractivity contribution >= 4 is 17.0 Å². The molecular formula is C20H13F3N6. The molecule has 9 heteroatoms. The maximum absolute atomic E-state index is 12.9. The fourth-order valence-electron chi connectivity index (χ4n) is 2.85. The first-order valence-corrected chi connectivity index (χ1v) is 8.55. The zero-order valence-electron chi connectivity index (χ0n) is 14.9. The van der Waals surface area contributed by atoms with Gasteiger partial charge in [-0.1, -0.05) is 30.3 Å². The van der Waals surface area contributed by atoms with Crippen molar-refractivity contribution in [2.45, 2.75) is 12.7 Å². The zero-order chi connectivity index (χ0) is 20.4. The molecule has 29 heavy (non-hydrogen) atoms. The van der Waals surface area contributed by atoms with Gasteiger partial charge in [-0.15, -0.1) is 0 Å². The molecule has 3 aromatic heterocycles. The van der Waals surface area contributed by atoms with Crippen molar-refractivity contribution in [3.05, 3.63) is 77.7 Å². The lowest BCUT2D eigenvalue weighted by Crippen LogP contribution is -2.09. The number of fused-ring (bicyclic) bond motifs is 1. The summed E-state index contributed by atoms with van der Waals surface area (Å²) in [6.45, 7) is 0.478. The third kappa shape index (κ3) is 3.73. The number of nitriles is 1. The van der Waals surface area contributed by atoms with Gasteiger partial charge >= 0.3 is 6.18 Å². The SMILES string of the molecule is N#Cc1cnc(NCc2ccccc2)nc1-n1ccc2cc(C(F)(F)F)cnc21. The molecular weight excluding hydrogens is 381 g/mol. The van der Waals surface area contributed by atoms with Crippen molar-refractivity contribution in [2.75, 3.05) is 5.32 Å². The highest BCUT2D eigenvalue weighted by Crippen LogP contribution is 2.31. The molecule has 0 aliphatic rings. The van der Waals surface area contributed by atoms with Crippen LogP contribution in [0.4, 0.5) is 19.1 Å². The van der Waals surface area contributed by atoms with E-state index in [1.165, 1.54) is 23.0 Å². The van der Waals surface area contributed by atoms with Gasteiger partial charge in [0.2, 0.25) is 5.95 Å². The number of benzene rings is 1.